The van der Waals surface area contributed by atoms with Crippen molar-refractivity contribution in [2.75, 3.05) is 32.8 Å². The summed E-state index contributed by atoms with van der Waals surface area (Å²) >= 11 is 0. The van der Waals surface area contributed by atoms with Crippen molar-refractivity contribution >= 4 is 5.91 Å². The number of alkyl halides is 3. The Bertz CT molecular complexity index is 1140. The van der Waals surface area contributed by atoms with E-state index in [1.807, 2.05) is 19.9 Å². The summed E-state index contributed by atoms with van der Waals surface area (Å²) in [7, 11) is 0. The predicted octanol–water partition coefficient (Wildman–Crippen LogP) is 3.11. The van der Waals surface area contributed by atoms with Crippen LogP contribution in [0.15, 0.2) is 42.9 Å². The van der Waals surface area contributed by atoms with Gasteiger partial charge in [0.15, 0.2) is 0 Å². The number of aromatic nitrogens is 4. The molecule has 180 valence electrons. The average Bonchev–Trinajstić information content (AvgIpc) is 3.31. The molecule has 0 unspecified atom stereocenters. The van der Waals surface area contributed by atoms with Crippen LogP contribution in [-0.2, 0) is 10.9 Å². The summed E-state index contributed by atoms with van der Waals surface area (Å²) in [6.45, 7) is 7.27. The summed E-state index contributed by atoms with van der Waals surface area (Å²) in [4.78, 5) is 23.0. The molecule has 11 heteroatoms. The van der Waals surface area contributed by atoms with Crippen LogP contribution in [0.4, 0.5) is 13.2 Å². The highest BCUT2D eigenvalue weighted by atomic mass is 19.4. The van der Waals surface area contributed by atoms with Crippen LogP contribution in [0.3, 0.4) is 0 Å². The number of aryl methyl sites for hydroxylation is 1. The van der Waals surface area contributed by atoms with Gasteiger partial charge >= 0.3 is 6.18 Å². The van der Waals surface area contributed by atoms with E-state index in [1.165, 1.54) is 12.1 Å². The number of hydrogen-bond donors (Lipinski definition) is 1. The predicted molar refractivity (Wildman–Crippen MR) is 119 cm³/mol. The molecule has 8 nitrogen and oxygen atoms in total. The molecule has 1 aliphatic rings. The number of amides is 1. The number of nitrogens with one attached hydrogen (secondary N) is 1. The number of rotatable bonds is 6. The first-order chi connectivity index (χ1) is 16.2. The van der Waals surface area contributed by atoms with Crippen LogP contribution in [-0.4, -0.2) is 69.4 Å². The largest absolute Gasteiger partial charge is 0.451 e. The second kappa shape index (κ2) is 9.90. The molecule has 1 N–H and O–H groups in total. The summed E-state index contributed by atoms with van der Waals surface area (Å²) in [6, 6.07) is 7.92. The Morgan fingerprint density at radius 1 is 1.18 bits per heavy atom. The monoisotopic (exact) mass is 474 g/mol. The zero-order chi connectivity index (χ0) is 24.3. The molecule has 0 saturated carbocycles. The van der Waals surface area contributed by atoms with Crippen LogP contribution < -0.4 is 5.32 Å². The molecular weight excluding hydrogens is 449 g/mol. The average molecular weight is 474 g/mol. The van der Waals surface area contributed by atoms with E-state index in [0.29, 0.717) is 35.7 Å². The molecule has 0 spiro atoms. The standard InChI is InChI=1S/C23H25F3N6O2/c1-15-3-4-20(27-12-15)17-9-18(21(33)30-16(2)13-31-5-7-34-8-6-31)11-19(10-17)32-22(23(24,25)26)28-14-29-32/h3-4,9-12,14,16H,5-8,13H2,1-2H3,(H,30,33)/t16-/m1/s1. The minimum Gasteiger partial charge on any atom is -0.379 e. The first-order valence-electron chi connectivity index (χ1n) is 10.9. The number of halogens is 3. The maximum atomic E-state index is 13.5. The van der Waals surface area contributed by atoms with Gasteiger partial charge in [-0.1, -0.05) is 6.07 Å². The Morgan fingerprint density at radius 3 is 2.62 bits per heavy atom. The SMILES string of the molecule is Cc1ccc(-c2cc(C(=O)N[C@H](C)CN3CCOCC3)cc(-n3ncnc3C(F)(F)F)c2)nc1. The van der Waals surface area contributed by atoms with E-state index in [1.54, 1.807) is 18.3 Å². The van der Waals surface area contributed by atoms with Gasteiger partial charge in [0.1, 0.15) is 6.33 Å². The molecule has 4 rings (SSSR count). The van der Waals surface area contributed by atoms with Crippen LogP contribution in [0.25, 0.3) is 16.9 Å². The van der Waals surface area contributed by atoms with E-state index in [-0.39, 0.29) is 17.3 Å². The normalized spacial score (nSPS) is 15.8. The van der Waals surface area contributed by atoms with Crippen molar-refractivity contribution < 1.29 is 22.7 Å². The third kappa shape index (κ3) is 5.60. The van der Waals surface area contributed by atoms with E-state index in [2.05, 4.69) is 25.3 Å². The highest BCUT2D eigenvalue weighted by molar-refractivity contribution is 5.96. The topological polar surface area (TPSA) is 85.2 Å². The number of carbonyl (C=O) groups is 1. The van der Waals surface area contributed by atoms with Crippen molar-refractivity contribution in [3.05, 3.63) is 59.8 Å². The summed E-state index contributed by atoms with van der Waals surface area (Å²) < 4.78 is 46.4. The molecule has 1 atom stereocenters. The van der Waals surface area contributed by atoms with Crippen molar-refractivity contribution in [1.29, 1.82) is 0 Å². The van der Waals surface area contributed by atoms with Gasteiger partial charge in [-0.2, -0.15) is 18.3 Å². The maximum absolute atomic E-state index is 13.5. The second-order valence-corrected chi connectivity index (χ2v) is 8.27. The number of morpholine rings is 1. The number of benzene rings is 1. The number of carbonyl (C=O) groups excluding carboxylic acids is 1. The zero-order valence-electron chi connectivity index (χ0n) is 18.8. The van der Waals surface area contributed by atoms with Crippen LogP contribution in [0.1, 0.15) is 28.7 Å². The van der Waals surface area contributed by atoms with Gasteiger partial charge in [-0.15, -0.1) is 0 Å². The lowest BCUT2D eigenvalue weighted by Gasteiger charge is -2.29. The van der Waals surface area contributed by atoms with Gasteiger partial charge in [0.25, 0.3) is 5.91 Å². The fraction of sp³-hybridized carbons (Fsp3) is 0.391. The van der Waals surface area contributed by atoms with Crippen molar-refractivity contribution in [2.45, 2.75) is 26.1 Å². The molecule has 0 aliphatic carbocycles. The van der Waals surface area contributed by atoms with E-state index in [0.717, 1.165) is 25.0 Å². The third-order valence-corrected chi connectivity index (χ3v) is 5.45. The molecule has 0 bridgehead atoms. The molecule has 1 fully saturated rings. The van der Waals surface area contributed by atoms with Crippen molar-refractivity contribution in [3.8, 4) is 16.9 Å². The van der Waals surface area contributed by atoms with Gasteiger partial charge in [0.2, 0.25) is 5.82 Å². The summed E-state index contributed by atoms with van der Waals surface area (Å²) in [5.74, 6) is -1.57. The van der Waals surface area contributed by atoms with Gasteiger partial charge in [-0.3, -0.25) is 14.7 Å². The van der Waals surface area contributed by atoms with E-state index >= 15 is 0 Å². The minimum absolute atomic E-state index is 0.0654. The summed E-state index contributed by atoms with van der Waals surface area (Å²) in [5, 5.41) is 6.69. The van der Waals surface area contributed by atoms with E-state index in [4.69, 9.17) is 4.74 Å². The minimum atomic E-state index is -4.70. The molecular formula is C23H25F3N6O2. The van der Waals surface area contributed by atoms with Gasteiger partial charge in [0, 0.05) is 43.0 Å². The molecule has 1 saturated heterocycles. The number of ether oxygens (including phenoxy) is 1. The van der Waals surface area contributed by atoms with E-state index < -0.39 is 17.9 Å². The first-order valence-corrected chi connectivity index (χ1v) is 10.9. The van der Waals surface area contributed by atoms with Gasteiger partial charge in [-0.05, 0) is 43.7 Å². The number of hydrogen-bond acceptors (Lipinski definition) is 6. The van der Waals surface area contributed by atoms with Crippen molar-refractivity contribution in [3.63, 3.8) is 0 Å². The Labute approximate surface area is 194 Å². The first kappa shape index (κ1) is 23.8. The van der Waals surface area contributed by atoms with Crippen LogP contribution in [0.2, 0.25) is 0 Å². The lowest BCUT2D eigenvalue weighted by atomic mass is 10.0. The molecule has 34 heavy (non-hydrogen) atoms. The fourth-order valence-electron chi connectivity index (χ4n) is 3.80. The fourth-order valence-corrected chi connectivity index (χ4v) is 3.80. The smallest absolute Gasteiger partial charge is 0.379 e. The quantitative estimate of drug-likeness (QED) is 0.591. The molecule has 3 aromatic rings. The molecule has 1 aliphatic heterocycles. The Balaban J connectivity index is 1.66. The Morgan fingerprint density at radius 2 is 1.94 bits per heavy atom. The Hall–Kier alpha value is -3.31. The zero-order valence-corrected chi connectivity index (χ0v) is 18.8. The number of nitrogens with zero attached hydrogens (tertiary/aromatic N) is 5. The van der Waals surface area contributed by atoms with Gasteiger partial charge in [-0.25, -0.2) is 9.67 Å². The van der Waals surface area contributed by atoms with Gasteiger partial charge in [0.05, 0.1) is 24.6 Å². The lowest BCUT2D eigenvalue weighted by molar-refractivity contribution is -0.146. The molecule has 1 amide bonds. The Kier molecular flexibility index (Phi) is 6.94. The molecule has 1 aromatic carbocycles. The van der Waals surface area contributed by atoms with Gasteiger partial charge < -0.3 is 10.1 Å². The van der Waals surface area contributed by atoms with E-state index in [9.17, 15) is 18.0 Å². The molecule has 0 radical (unpaired) electrons. The molecule has 2 aromatic heterocycles. The maximum Gasteiger partial charge on any atom is 0.451 e. The highest BCUT2D eigenvalue weighted by Crippen LogP contribution is 2.30. The van der Waals surface area contributed by atoms with Crippen LogP contribution in [0.5, 0.6) is 0 Å². The lowest BCUT2D eigenvalue weighted by Crippen LogP contribution is -2.46. The van der Waals surface area contributed by atoms with Crippen molar-refractivity contribution in [1.82, 2.24) is 30.0 Å². The summed E-state index contributed by atoms with van der Waals surface area (Å²) in [5.41, 5.74) is 2.22. The van der Waals surface area contributed by atoms with Crippen molar-refractivity contribution in [2.24, 2.45) is 0 Å². The third-order valence-electron chi connectivity index (χ3n) is 5.45. The number of pyridine rings is 1. The highest BCUT2D eigenvalue weighted by Gasteiger charge is 2.37. The molecule has 3 heterocycles. The second-order valence-electron chi connectivity index (χ2n) is 8.27. The summed E-state index contributed by atoms with van der Waals surface area (Å²) in [6.07, 6.45) is -2.21. The van der Waals surface area contributed by atoms with Crippen LogP contribution >= 0.6 is 0 Å². The van der Waals surface area contributed by atoms with Crippen LogP contribution in [0, 0.1) is 6.92 Å².